The minimum atomic E-state index is -0.243. The normalized spacial score (nSPS) is 12.4. The third kappa shape index (κ3) is 3.95. The number of aliphatic hydroxyl groups is 1. The monoisotopic (exact) mass is 333 g/mol. The van der Waals surface area contributed by atoms with Gasteiger partial charge in [-0.05, 0) is 18.1 Å². The Morgan fingerprint density at radius 2 is 2.00 bits per heavy atom. The molecule has 0 bridgehead atoms. The number of rotatable bonds is 6. The molecule has 1 unspecified atom stereocenters. The van der Waals surface area contributed by atoms with E-state index >= 15 is 0 Å². The number of aromatic nitrogens is 2. The number of carbonyl (C=O) groups is 1. The fourth-order valence-electron chi connectivity index (χ4n) is 2.24. The molecule has 0 saturated heterocycles. The first-order valence-electron chi connectivity index (χ1n) is 7.56. The zero-order valence-corrected chi connectivity index (χ0v) is 14.7. The van der Waals surface area contributed by atoms with E-state index in [1.807, 2.05) is 55.8 Å². The number of hydrogen-bond donors (Lipinski definition) is 1. The molecule has 0 fully saturated rings. The van der Waals surface area contributed by atoms with E-state index in [2.05, 4.69) is 4.98 Å². The number of thioether (sulfide) groups is 1. The molecule has 0 saturated carbocycles. The van der Waals surface area contributed by atoms with Gasteiger partial charge >= 0.3 is 0 Å². The summed E-state index contributed by atoms with van der Waals surface area (Å²) in [6.07, 6.45) is 1.64. The first-order chi connectivity index (χ1) is 11.0. The molecule has 1 amide bonds. The van der Waals surface area contributed by atoms with Crippen LogP contribution in [-0.2, 0) is 18.4 Å². The molecule has 2 rings (SSSR count). The summed E-state index contributed by atoms with van der Waals surface area (Å²) in [4.78, 5) is 18.9. The van der Waals surface area contributed by atoms with Crippen LogP contribution in [0.1, 0.15) is 19.5 Å². The molecule has 1 N–H and O–H groups in total. The van der Waals surface area contributed by atoms with Gasteiger partial charge in [-0.1, -0.05) is 43.8 Å². The van der Waals surface area contributed by atoms with Gasteiger partial charge in [-0.25, -0.2) is 4.98 Å². The van der Waals surface area contributed by atoms with Crippen molar-refractivity contribution in [2.75, 3.05) is 11.9 Å². The lowest BCUT2D eigenvalue weighted by Crippen LogP contribution is -2.37. The number of para-hydroxylation sites is 1. The van der Waals surface area contributed by atoms with E-state index in [0.29, 0.717) is 0 Å². The molecule has 0 aliphatic carbocycles. The minimum absolute atomic E-state index is 0.0461. The van der Waals surface area contributed by atoms with Crippen LogP contribution in [0.5, 0.6) is 0 Å². The molecular weight excluding hydrogens is 310 g/mol. The number of hydrogen-bond acceptors (Lipinski definition) is 4. The van der Waals surface area contributed by atoms with Gasteiger partial charge in [0, 0.05) is 19.8 Å². The predicted octanol–water partition coefficient (Wildman–Crippen LogP) is 2.69. The Bertz CT molecular complexity index is 655. The zero-order chi connectivity index (χ0) is 17.0. The highest BCUT2D eigenvalue weighted by molar-refractivity contribution is 8.00. The van der Waals surface area contributed by atoms with Crippen LogP contribution in [0.25, 0.3) is 0 Å². The van der Waals surface area contributed by atoms with Crippen LogP contribution in [0, 0.1) is 5.92 Å². The van der Waals surface area contributed by atoms with Crippen molar-refractivity contribution in [1.29, 1.82) is 0 Å². The maximum absolute atomic E-state index is 12.9. The minimum Gasteiger partial charge on any atom is -0.390 e. The van der Waals surface area contributed by atoms with Crippen molar-refractivity contribution < 1.29 is 9.90 Å². The molecule has 1 aromatic carbocycles. The van der Waals surface area contributed by atoms with Crippen molar-refractivity contribution in [3.05, 3.63) is 42.2 Å². The first kappa shape index (κ1) is 17.6. The highest BCUT2D eigenvalue weighted by Gasteiger charge is 2.28. The van der Waals surface area contributed by atoms with Gasteiger partial charge in [0.1, 0.15) is 0 Å². The lowest BCUT2D eigenvalue weighted by atomic mass is 10.1. The van der Waals surface area contributed by atoms with E-state index in [0.717, 1.165) is 16.5 Å². The van der Waals surface area contributed by atoms with Crippen LogP contribution in [0.15, 0.2) is 41.7 Å². The van der Waals surface area contributed by atoms with Gasteiger partial charge < -0.3 is 14.6 Å². The smallest absolute Gasteiger partial charge is 0.240 e. The summed E-state index contributed by atoms with van der Waals surface area (Å²) >= 11 is 1.44. The molecule has 2 aromatic rings. The Kier molecular flexibility index (Phi) is 5.85. The lowest BCUT2D eigenvalue weighted by Gasteiger charge is -2.25. The van der Waals surface area contributed by atoms with Crippen molar-refractivity contribution in [1.82, 2.24) is 9.55 Å². The molecule has 23 heavy (non-hydrogen) atoms. The maximum Gasteiger partial charge on any atom is 0.240 e. The molecule has 6 heteroatoms. The Labute approximate surface area is 141 Å². The van der Waals surface area contributed by atoms with E-state index in [1.54, 1.807) is 18.1 Å². The SMILES string of the molecule is CC(C)C(Sc1ncc(CO)n1C)C(=O)N(C)c1ccccc1. The van der Waals surface area contributed by atoms with Crippen LogP contribution in [-0.4, -0.2) is 32.9 Å². The van der Waals surface area contributed by atoms with Crippen molar-refractivity contribution in [3.8, 4) is 0 Å². The van der Waals surface area contributed by atoms with Gasteiger partial charge in [0.25, 0.3) is 0 Å². The number of carbonyl (C=O) groups excluding carboxylic acids is 1. The van der Waals surface area contributed by atoms with Gasteiger partial charge in [-0.15, -0.1) is 0 Å². The highest BCUT2D eigenvalue weighted by atomic mass is 32.2. The number of benzene rings is 1. The molecule has 0 radical (unpaired) electrons. The van der Waals surface area contributed by atoms with Crippen molar-refractivity contribution in [2.24, 2.45) is 13.0 Å². The molecule has 1 aromatic heterocycles. The van der Waals surface area contributed by atoms with Gasteiger partial charge in [-0.2, -0.15) is 0 Å². The van der Waals surface area contributed by atoms with Crippen LogP contribution >= 0.6 is 11.8 Å². The maximum atomic E-state index is 12.9. The molecular formula is C17H23N3O2S. The van der Waals surface area contributed by atoms with Crippen molar-refractivity contribution in [2.45, 2.75) is 30.9 Å². The topological polar surface area (TPSA) is 58.4 Å². The summed E-state index contributed by atoms with van der Waals surface area (Å²) in [6.45, 7) is 4.00. The lowest BCUT2D eigenvalue weighted by molar-refractivity contribution is -0.118. The fourth-order valence-corrected chi connectivity index (χ4v) is 3.38. The predicted molar refractivity (Wildman–Crippen MR) is 93.5 cm³/mol. The third-order valence-corrected chi connectivity index (χ3v) is 5.35. The Balaban J connectivity index is 2.20. The van der Waals surface area contributed by atoms with Crippen LogP contribution in [0.3, 0.4) is 0 Å². The number of anilines is 1. The third-order valence-electron chi connectivity index (χ3n) is 3.76. The van der Waals surface area contributed by atoms with E-state index in [4.69, 9.17) is 0 Å². The van der Waals surface area contributed by atoms with Crippen molar-refractivity contribution >= 4 is 23.4 Å². The van der Waals surface area contributed by atoms with Crippen LogP contribution in [0.2, 0.25) is 0 Å². The standard InChI is InChI=1S/C17H23N3O2S/c1-12(2)15(23-17-18-10-14(11-21)20(17)4)16(22)19(3)13-8-6-5-7-9-13/h5-10,12,15,21H,11H2,1-4H3. The van der Waals surface area contributed by atoms with Crippen molar-refractivity contribution in [3.63, 3.8) is 0 Å². The summed E-state index contributed by atoms with van der Waals surface area (Å²) in [5, 5.41) is 9.77. The summed E-state index contributed by atoms with van der Waals surface area (Å²) in [7, 11) is 3.65. The summed E-state index contributed by atoms with van der Waals surface area (Å²) in [5.74, 6) is 0.206. The van der Waals surface area contributed by atoms with Crippen LogP contribution in [0.4, 0.5) is 5.69 Å². The number of aliphatic hydroxyl groups excluding tert-OH is 1. The summed E-state index contributed by atoms with van der Waals surface area (Å²) < 4.78 is 1.83. The molecule has 124 valence electrons. The van der Waals surface area contributed by atoms with Gasteiger partial charge in [-0.3, -0.25) is 4.79 Å². The second-order valence-electron chi connectivity index (χ2n) is 5.76. The molecule has 0 spiro atoms. The molecule has 1 heterocycles. The number of imidazole rings is 1. The van der Waals surface area contributed by atoms with Gasteiger partial charge in [0.05, 0.1) is 23.7 Å². The van der Waals surface area contributed by atoms with E-state index in [-0.39, 0.29) is 23.7 Å². The molecule has 0 aliphatic rings. The van der Waals surface area contributed by atoms with Gasteiger partial charge in [0.2, 0.25) is 5.91 Å². The van der Waals surface area contributed by atoms with Crippen LogP contribution < -0.4 is 4.90 Å². The highest BCUT2D eigenvalue weighted by Crippen LogP contribution is 2.30. The molecule has 5 nitrogen and oxygen atoms in total. The fraction of sp³-hybridized carbons (Fsp3) is 0.412. The van der Waals surface area contributed by atoms with E-state index in [9.17, 15) is 9.90 Å². The van der Waals surface area contributed by atoms with Gasteiger partial charge in [0.15, 0.2) is 5.16 Å². The summed E-state index contributed by atoms with van der Waals surface area (Å²) in [5.41, 5.74) is 1.61. The zero-order valence-electron chi connectivity index (χ0n) is 13.9. The van der Waals surface area contributed by atoms with E-state index < -0.39 is 0 Å². The largest absolute Gasteiger partial charge is 0.390 e. The Morgan fingerprint density at radius 1 is 1.35 bits per heavy atom. The second kappa shape index (κ2) is 7.66. The summed E-state index contributed by atoms with van der Waals surface area (Å²) in [6, 6.07) is 9.61. The molecule has 1 atom stereocenters. The number of nitrogens with zero attached hydrogens (tertiary/aromatic N) is 3. The Hall–Kier alpha value is -1.79. The molecule has 0 aliphatic heterocycles. The average Bonchev–Trinajstić information content (AvgIpc) is 2.91. The van der Waals surface area contributed by atoms with E-state index in [1.165, 1.54) is 11.8 Å². The number of amides is 1. The Morgan fingerprint density at radius 3 is 2.52 bits per heavy atom. The first-order valence-corrected chi connectivity index (χ1v) is 8.44. The second-order valence-corrected chi connectivity index (χ2v) is 6.87. The average molecular weight is 333 g/mol. The quantitative estimate of drug-likeness (QED) is 0.826.